The third kappa shape index (κ3) is 4.02. The van der Waals surface area contributed by atoms with E-state index in [2.05, 4.69) is 5.32 Å². The molecule has 2 fully saturated rings. The Kier molecular flexibility index (Phi) is 6.47. The normalized spacial score (nSPS) is 27.4. The van der Waals surface area contributed by atoms with Crippen molar-refractivity contribution in [1.29, 1.82) is 0 Å². The summed E-state index contributed by atoms with van der Waals surface area (Å²) in [7, 11) is 0. The minimum atomic E-state index is -4.75. The second kappa shape index (κ2) is 9.88. The van der Waals surface area contributed by atoms with Crippen LogP contribution in [-0.2, 0) is 22.7 Å². The van der Waals surface area contributed by atoms with Crippen LogP contribution in [0, 0.1) is 5.41 Å². The fourth-order valence-electron chi connectivity index (χ4n) is 8.46. The molecule has 3 nitrogen and oxygen atoms in total. The van der Waals surface area contributed by atoms with Crippen LogP contribution < -0.4 is 5.32 Å². The number of nitrogens with one attached hydrogen (secondary N) is 1. The van der Waals surface area contributed by atoms with Crippen molar-refractivity contribution >= 4 is 28.4 Å². The van der Waals surface area contributed by atoms with Crippen LogP contribution in [0.1, 0.15) is 70.3 Å². The molecule has 1 unspecified atom stereocenters. The predicted octanol–water partition coefficient (Wildman–Crippen LogP) is 8.87. The van der Waals surface area contributed by atoms with Gasteiger partial charge in [0, 0.05) is 17.5 Å². The summed E-state index contributed by atoms with van der Waals surface area (Å²) in [5.74, 6) is -2.15. The van der Waals surface area contributed by atoms with Crippen molar-refractivity contribution in [3.8, 4) is 0 Å². The van der Waals surface area contributed by atoms with Crippen molar-refractivity contribution in [1.82, 2.24) is 5.32 Å². The lowest BCUT2D eigenvalue weighted by molar-refractivity contribution is -0.140. The first-order valence-corrected chi connectivity index (χ1v) is 14.7. The molecule has 1 aliphatic heterocycles. The van der Waals surface area contributed by atoms with Gasteiger partial charge in [0.1, 0.15) is 5.54 Å². The molecule has 1 saturated carbocycles. The van der Waals surface area contributed by atoms with E-state index in [4.69, 9.17) is 0 Å². The van der Waals surface area contributed by atoms with Gasteiger partial charge in [0.15, 0.2) is 11.6 Å². The molecule has 1 saturated heterocycles. The van der Waals surface area contributed by atoms with E-state index in [0.29, 0.717) is 16.5 Å². The van der Waals surface area contributed by atoms with Gasteiger partial charge in [-0.2, -0.15) is 26.3 Å². The molecule has 3 aliphatic rings. The monoisotopic (exact) mass is 619 g/mol. The first-order chi connectivity index (χ1) is 21.3. The summed E-state index contributed by atoms with van der Waals surface area (Å²) in [4.78, 5) is 29.9. The second-order valence-corrected chi connectivity index (χ2v) is 12.2. The standard InChI is InChI=1S/C36H27F6NO2/c1-20-30(24-13-3-5-16-27(24)36(40,41)42)33(34(43-20)28-17-7-11-21-10-6-14-25(29(21)28)32(34)45)18-8-12-23(31(33)44)19-22-9-2-4-15-26(22)35(37,38)39/h2-7,9-11,13-17,19-20,30,43H,8,12,18H2,1H3/b23-19+/t20?,30-,33+,34+/m1/s1. The van der Waals surface area contributed by atoms with Crippen LogP contribution in [0.15, 0.2) is 90.5 Å². The van der Waals surface area contributed by atoms with Crippen LogP contribution in [-0.4, -0.2) is 17.6 Å². The van der Waals surface area contributed by atoms with Crippen molar-refractivity contribution in [2.45, 2.75) is 56.0 Å². The highest BCUT2D eigenvalue weighted by Gasteiger charge is 2.73. The summed E-state index contributed by atoms with van der Waals surface area (Å²) >= 11 is 0. The maximum absolute atomic E-state index is 15.2. The van der Waals surface area contributed by atoms with Crippen LogP contribution in [0.5, 0.6) is 0 Å². The molecular formula is C36H27F6NO2. The molecular weight excluding hydrogens is 592 g/mol. The lowest BCUT2D eigenvalue weighted by Gasteiger charge is -2.48. The topological polar surface area (TPSA) is 46.2 Å². The molecule has 2 spiro atoms. The number of alkyl halides is 6. The number of allylic oxidation sites excluding steroid dienone is 1. The summed E-state index contributed by atoms with van der Waals surface area (Å²) in [6.07, 6.45) is -7.77. The van der Waals surface area contributed by atoms with E-state index >= 15 is 4.79 Å². The maximum atomic E-state index is 15.2. The summed E-state index contributed by atoms with van der Waals surface area (Å²) < 4.78 is 85.6. The van der Waals surface area contributed by atoms with Crippen LogP contribution in [0.4, 0.5) is 26.3 Å². The maximum Gasteiger partial charge on any atom is 0.416 e. The lowest BCUT2D eigenvalue weighted by Crippen LogP contribution is -2.59. The number of Topliss-reactive ketones (excluding diaryl/α,β-unsaturated/α-hetero) is 2. The molecule has 0 bridgehead atoms. The highest BCUT2D eigenvalue weighted by molar-refractivity contribution is 6.24. The summed E-state index contributed by atoms with van der Waals surface area (Å²) in [6, 6.07) is 19.7. The third-order valence-corrected chi connectivity index (χ3v) is 9.95. The summed E-state index contributed by atoms with van der Waals surface area (Å²) in [5, 5.41) is 4.75. The van der Waals surface area contributed by atoms with Gasteiger partial charge in [0.2, 0.25) is 0 Å². The van der Waals surface area contributed by atoms with E-state index in [1.165, 1.54) is 42.5 Å². The second-order valence-electron chi connectivity index (χ2n) is 12.2. The van der Waals surface area contributed by atoms with E-state index in [-0.39, 0.29) is 36.0 Å². The van der Waals surface area contributed by atoms with Gasteiger partial charge in [0.25, 0.3) is 0 Å². The number of halogens is 6. The Bertz CT molecular complexity index is 1920. The van der Waals surface area contributed by atoms with Crippen LogP contribution in [0.2, 0.25) is 0 Å². The van der Waals surface area contributed by atoms with Gasteiger partial charge < -0.3 is 0 Å². The molecule has 2 aliphatic carbocycles. The van der Waals surface area contributed by atoms with Gasteiger partial charge in [0.05, 0.1) is 16.5 Å². The Labute approximate surface area is 254 Å². The van der Waals surface area contributed by atoms with Crippen molar-refractivity contribution in [3.05, 3.63) is 124 Å². The molecule has 45 heavy (non-hydrogen) atoms. The molecule has 4 aromatic carbocycles. The first-order valence-electron chi connectivity index (χ1n) is 14.7. The van der Waals surface area contributed by atoms with Crippen LogP contribution >= 0.6 is 0 Å². The molecule has 230 valence electrons. The number of fused-ring (bicyclic) bond motifs is 2. The Hall–Kier alpha value is -4.24. The minimum Gasteiger partial charge on any atom is -0.297 e. The molecule has 0 amide bonds. The minimum absolute atomic E-state index is 0.0543. The Morgan fingerprint density at radius 1 is 0.778 bits per heavy atom. The zero-order valence-corrected chi connectivity index (χ0v) is 24.0. The highest BCUT2D eigenvalue weighted by atomic mass is 19.4. The number of carbonyl (C=O) groups is 2. The summed E-state index contributed by atoms with van der Waals surface area (Å²) in [5.41, 5.74) is -4.76. The number of hydrogen-bond acceptors (Lipinski definition) is 3. The number of rotatable bonds is 2. The smallest absolute Gasteiger partial charge is 0.297 e. The first kappa shape index (κ1) is 29.5. The van der Waals surface area contributed by atoms with E-state index < -0.39 is 58.0 Å². The van der Waals surface area contributed by atoms with Crippen LogP contribution in [0.3, 0.4) is 0 Å². The Balaban J connectivity index is 1.53. The van der Waals surface area contributed by atoms with Gasteiger partial charge >= 0.3 is 12.4 Å². The largest absolute Gasteiger partial charge is 0.416 e. The molecule has 1 heterocycles. The molecule has 7 rings (SSSR count). The zero-order valence-electron chi connectivity index (χ0n) is 24.0. The van der Waals surface area contributed by atoms with E-state index in [1.54, 1.807) is 31.2 Å². The van der Waals surface area contributed by atoms with Gasteiger partial charge in [-0.1, -0.05) is 72.8 Å². The van der Waals surface area contributed by atoms with Gasteiger partial charge in [-0.15, -0.1) is 0 Å². The summed E-state index contributed by atoms with van der Waals surface area (Å²) in [6.45, 7) is 1.68. The van der Waals surface area contributed by atoms with Gasteiger partial charge in [-0.25, -0.2) is 0 Å². The van der Waals surface area contributed by atoms with Crippen molar-refractivity contribution in [2.75, 3.05) is 0 Å². The number of ketones is 2. The van der Waals surface area contributed by atoms with Crippen molar-refractivity contribution < 1.29 is 35.9 Å². The van der Waals surface area contributed by atoms with Crippen molar-refractivity contribution in [2.24, 2.45) is 5.41 Å². The predicted molar refractivity (Wildman–Crippen MR) is 157 cm³/mol. The molecule has 0 radical (unpaired) electrons. The van der Waals surface area contributed by atoms with E-state index in [9.17, 15) is 31.1 Å². The molecule has 9 heteroatoms. The number of hydrogen-bond donors (Lipinski definition) is 1. The van der Waals surface area contributed by atoms with Crippen LogP contribution in [0.25, 0.3) is 16.8 Å². The molecule has 4 aromatic rings. The average molecular weight is 620 g/mol. The molecule has 0 aromatic heterocycles. The fraction of sp³-hybridized carbons (Fsp3) is 0.278. The van der Waals surface area contributed by atoms with E-state index in [1.807, 2.05) is 12.1 Å². The van der Waals surface area contributed by atoms with Gasteiger partial charge in [-0.3, -0.25) is 14.9 Å². The highest BCUT2D eigenvalue weighted by Crippen LogP contribution is 2.66. The van der Waals surface area contributed by atoms with Crippen molar-refractivity contribution in [3.63, 3.8) is 0 Å². The Morgan fingerprint density at radius 3 is 2.13 bits per heavy atom. The SMILES string of the molecule is CC1N[C@@]2(C(=O)c3cccc4cccc2c34)[C@@]2(CCC/C(=C\c3ccccc3C(F)(F)F)C2=O)[C@H]1c1ccccc1C(F)(F)F. The number of benzene rings is 4. The quantitative estimate of drug-likeness (QED) is 0.180. The average Bonchev–Trinajstić information content (AvgIpc) is 3.40. The Morgan fingerprint density at radius 2 is 1.42 bits per heavy atom. The lowest BCUT2D eigenvalue weighted by atomic mass is 9.52. The molecule has 1 N–H and O–H groups in total. The number of carbonyl (C=O) groups excluding carboxylic acids is 2. The zero-order chi connectivity index (χ0) is 31.9. The van der Waals surface area contributed by atoms with Gasteiger partial charge in [-0.05, 0) is 77.4 Å². The third-order valence-electron chi connectivity index (χ3n) is 9.95. The van der Waals surface area contributed by atoms with E-state index in [0.717, 1.165) is 17.5 Å². The fourth-order valence-corrected chi connectivity index (χ4v) is 8.46. The molecule has 4 atom stereocenters.